The van der Waals surface area contributed by atoms with E-state index in [4.69, 9.17) is 0 Å². The Bertz CT molecular complexity index is 869. The van der Waals surface area contributed by atoms with Crippen LogP contribution in [0.2, 0.25) is 0 Å². The van der Waals surface area contributed by atoms with Gasteiger partial charge >= 0.3 is 0 Å². The molecule has 6 nitrogen and oxygen atoms in total. The van der Waals surface area contributed by atoms with Crippen LogP contribution in [0.15, 0.2) is 47.8 Å². The van der Waals surface area contributed by atoms with Crippen LogP contribution in [-0.2, 0) is 6.54 Å². The summed E-state index contributed by atoms with van der Waals surface area (Å²) in [4.78, 5) is 16.7. The zero-order chi connectivity index (χ0) is 17.2. The van der Waals surface area contributed by atoms with E-state index < -0.39 is 0 Å². The van der Waals surface area contributed by atoms with Crippen molar-refractivity contribution in [2.24, 2.45) is 0 Å². The second-order valence-electron chi connectivity index (χ2n) is 6.32. The molecule has 0 aliphatic rings. The van der Waals surface area contributed by atoms with Gasteiger partial charge in [-0.05, 0) is 24.3 Å². The third-order valence-electron chi connectivity index (χ3n) is 3.20. The molecule has 7 heteroatoms. The number of rotatable bonds is 4. The molecular weight excluding hydrogens is 322 g/mol. The van der Waals surface area contributed by atoms with E-state index in [0.717, 1.165) is 10.7 Å². The molecule has 0 aliphatic heterocycles. The molecule has 0 aliphatic carbocycles. The maximum absolute atomic E-state index is 12.4. The van der Waals surface area contributed by atoms with E-state index in [2.05, 4.69) is 41.3 Å². The van der Waals surface area contributed by atoms with Crippen LogP contribution in [0, 0.1) is 0 Å². The molecule has 1 amide bonds. The molecule has 1 N–H and O–H groups in total. The van der Waals surface area contributed by atoms with E-state index in [-0.39, 0.29) is 10.7 Å². The third-order valence-corrected chi connectivity index (χ3v) is 4.24. The SMILES string of the molecule is CC(C)(C)Sc1cc(C(=O)NCc2nnc3ccccn23)ccn1. The molecule has 3 heterocycles. The number of nitrogens with one attached hydrogen (secondary N) is 1. The Morgan fingerprint density at radius 3 is 2.88 bits per heavy atom. The van der Waals surface area contributed by atoms with Crippen LogP contribution < -0.4 is 5.32 Å². The Balaban J connectivity index is 1.70. The van der Waals surface area contributed by atoms with Crippen LogP contribution in [-0.4, -0.2) is 30.2 Å². The summed E-state index contributed by atoms with van der Waals surface area (Å²) in [5.74, 6) is 0.540. The van der Waals surface area contributed by atoms with Crippen molar-refractivity contribution in [3.8, 4) is 0 Å². The summed E-state index contributed by atoms with van der Waals surface area (Å²) in [7, 11) is 0. The average Bonchev–Trinajstić information content (AvgIpc) is 2.94. The van der Waals surface area contributed by atoms with Crippen molar-refractivity contribution in [2.75, 3.05) is 0 Å². The van der Waals surface area contributed by atoms with Crippen LogP contribution in [0.4, 0.5) is 0 Å². The minimum Gasteiger partial charge on any atom is -0.345 e. The minimum absolute atomic E-state index is 0.0442. The van der Waals surface area contributed by atoms with Gasteiger partial charge in [-0.15, -0.1) is 22.0 Å². The molecule has 3 rings (SSSR count). The number of thioether (sulfide) groups is 1. The van der Waals surface area contributed by atoms with Gasteiger partial charge in [0.1, 0.15) is 0 Å². The number of aromatic nitrogens is 4. The molecule has 124 valence electrons. The Kier molecular flexibility index (Phi) is 4.53. The molecule has 0 radical (unpaired) electrons. The molecule has 0 aromatic carbocycles. The lowest BCUT2D eigenvalue weighted by molar-refractivity contribution is 0.0949. The summed E-state index contributed by atoms with van der Waals surface area (Å²) in [5, 5.41) is 11.9. The summed E-state index contributed by atoms with van der Waals surface area (Å²) < 4.78 is 1.90. The van der Waals surface area contributed by atoms with Gasteiger partial charge in [0.2, 0.25) is 0 Å². The molecule has 0 saturated heterocycles. The number of carbonyl (C=O) groups excluding carboxylic acids is 1. The van der Waals surface area contributed by atoms with Gasteiger partial charge in [-0.2, -0.15) is 0 Å². The van der Waals surface area contributed by atoms with Crippen molar-refractivity contribution in [2.45, 2.75) is 37.1 Å². The van der Waals surface area contributed by atoms with Crippen LogP contribution in [0.5, 0.6) is 0 Å². The minimum atomic E-state index is -0.152. The standard InChI is InChI=1S/C17H19N5OS/c1-17(2,3)24-15-10-12(7-8-18-15)16(23)19-11-14-21-20-13-6-4-5-9-22(13)14/h4-10H,11H2,1-3H3,(H,19,23). The van der Waals surface area contributed by atoms with Crippen molar-refractivity contribution in [3.05, 3.63) is 54.1 Å². The number of carbonyl (C=O) groups is 1. The fourth-order valence-corrected chi connectivity index (χ4v) is 3.12. The largest absolute Gasteiger partial charge is 0.345 e. The molecular formula is C17H19N5OS. The molecule has 0 spiro atoms. The molecule has 24 heavy (non-hydrogen) atoms. The van der Waals surface area contributed by atoms with Gasteiger partial charge in [0.15, 0.2) is 11.5 Å². The Morgan fingerprint density at radius 1 is 1.25 bits per heavy atom. The summed E-state index contributed by atoms with van der Waals surface area (Å²) in [6.07, 6.45) is 3.54. The highest BCUT2D eigenvalue weighted by atomic mass is 32.2. The van der Waals surface area contributed by atoms with Gasteiger partial charge < -0.3 is 5.32 Å². The summed E-state index contributed by atoms with van der Waals surface area (Å²) in [6.45, 7) is 6.65. The van der Waals surface area contributed by atoms with Crippen molar-refractivity contribution < 1.29 is 4.79 Å². The lowest BCUT2D eigenvalue weighted by Crippen LogP contribution is -2.24. The first-order chi connectivity index (χ1) is 11.4. The first-order valence-electron chi connectivity index (χ1n) is 7.64. The number of fused-ring (bicyclic) bond motifs is 1. The van der Waals surface area contributed by atoms with E-state index in [0.29, 0.717) is 17.9 Å². The van der Waals surface area contributed by atoms with E-state index in [1.807, 2.05) is 34.9 Å². The highest BCUT2D eigenvalue weighted by Crippen LogP contribution is 2.30. The van der Waals surface area contributed by atoms with Gasteiger partial charge in [-0.3, -0.25) is 9.20 Å². The van der Waals surface area contributed by atoms with Crippen LogP contribution in [0.1, 0.15) is 37.0 Å². The summed E-state index contributed by atoms with van der Waals surface area (Å²) in [6, 6.07) is 9.20. The number of pyridine rings is 2. The summed E-state index contributed by atoms with van der Waals surface area (Å²) >= 11 is 1.63. The molecule has 0 bridgehead atoms. The number of hydrogen-bond acceptors (Lipinski definition) is 5. The fraction of sp³-hybridized carbons (Fsp3) is 0.294. The first kappa shape index (κ1) is 16.4. The Labute approximate surface area is 144 Å². The monoisotopic (exact) mass is 341 g/mol. The predicted molar refractivity (Wildman–Crippen MR) is 94.0 cm³/mol. The molecule has 0 atom stereocenters. The van der Waals surface area contributed by atoms with Crippen LogP contribution in [0.25, 0.3) is 5.65 Å². The maximum Gasteiger partial charge on any atom is 0.251 e. The molecule has 3 aromatic rings. The number of hydrogen-bond donors (Lipinski definition) is 1. The van der Waals surface area contributed by atoms with Gasteiger partial charge in [0.25, 0.3) is 5.91 Å². The predicted octanol–water partition coefficient (Wildman–Crippen LogP) is 2.94. The normalized spacial score (nSPS) is 11.6. The Morgan fingerprint density at radius 2 is 2.08 bits per heavy atom. The second kappa shape index (κ2) is 6.60. The van der Waals surface area contributed by atoms with Gasteiger partial charge in [-0.25, -0.2) is 4.98 Å². The van der Waals surface area contributed by atoms with Gasteiger partial charge in [0, 0.05) is 22.7 Å². The maximum atomic E-state index is 12.4. The highest BCUT2D eigenvalue weighted by Gasteiger charge is 2.15. The third kappa shape index (κ3) is 3.91. The number of nitrogens with zero attached hydrogens (tertiary/aromatic N) is 4. The van der Waals surface area contributed by atoms with Crippen molar-refractivity contribution >= 4 is 23.3 Å². The van der Waals surface area contributed by atoms with Gasteiger partial charge in [0.05, 0.1) is 11.6 Å². The lowest BCUT2D eigenvalue weighted by Gasteiger charge is -2.16. The molecule has 0 fully saturated rings. The lowest BCUT2D eigenvalue weighted by atomic mass is 10.2. The van der Waals surface area contributed by atoms with Crippen molar-refractivity contribution in [1.29, 1.82) is 0 Å². The van der Waals surface area contributed by atoms with Crippen LogP contribution in [0.3, 0.4) is 0 Å². The van der Waals surface area contributed by atoms with Crippen molar-refractivity contribution in [3.63, 3.8) is 0 Å². The highest BCUT2D eigenvalue weighted by molar-refractivity contribution is 8.00. The molecule has 0 unspecified atom stereocenters. The van der Waals surface area contributed by atoms with E-state index in [1.54, 1.807) is 24.0 Å². The molecule has 0 saturated carbocycles. The molecule has 3 aromatic heterocycles. The smallest absolute Gasteiger partial charge is 0.251 e. The number of amides is 1. The zero-order valence-corrected chi connectivity index (χ0v) is 14.7. The Hall–Kier alpha value is -2.41. The van der Waals surface area contributed by atoms with E-state index >= 15 is 0 Å². The fourth-order valence-electron chi connectivity index (χ4n) is 2.19. The van der Waals surface area contributed by atoms with Crippen LogP contribution >= 0.6 is 11.8 Å². The van der Waals surface area contributed by atoms with Crippen molar-refractivity contribution in [1.82, 2.24) is 24.9 Å². The topological polar surface area (TPSA) is 72.2 Å². The van der Waals surface area contributed by atoms with Gasteiger partial charge in [-0.1, -0.05) is 26.8 Å². The average molecular weight is 341 g/mol. The zero-order valence-electron chi connectivity index (χ0n) is 13.9. The second-order valence-corrected chi connectivity index (χ2v) is 8.17. The van der Waals surface area contributed by atoms with E-state index in [9.17, 15) is 4.79 Å². The first-order valence-corrected chi connectivity index (χ1v) is 8.46. The summed E-state index contributed by atoms with van der Waals surface area (Å²) in [5.41, 5.74) is 1.35. The van der Waals surface area contributed by atoms with E-state index in [1.165, 1.54) is 0 Å². The quantitative estimate of drug-likeness (QED) is 0.739.